The Morgan fingerprint density at radius 2 is 2.15 bits per heavy atom. The van der Waals surface area contributed by atoms with E-state index in [2.05, 4.69) is 52.1 Å². The number of nitrogens with one attached hydrogen (secondary N) is 1. The molecule has 2 aromatic carbocycles. The number of thioether (sulfide) groups is 2. The smallest absolute Gasteiger partial charge is 0.293 e. The highest BCUT2D eigenvalue weighted by Gasteiger charge is 2.25. The van der Waals surface area contributed by atoms with Crippen LogP contribution in [0, 0.1) is 0 Å². The number of methoxy groups -OCH3 is 1. The van der Waals surface area contributed by atoms with Gasteiger partial charge in [0.05, 0.1) is 25.6 Å². The standard InChI is InChI=1S/C24H22BrN9O4S2/c1-36-18-4-2-3-15(20(18)37-12-14-5-7-16(25)8-6-14)11-28-30-23(35)19-17(13-40-24-27-9-10-39-24)34(33-29-19)22-21(26)31-38-32-22/h2-8,11H,9-10,12-13H2,1H3,(H2,26,31)(H,30,35). The topological polar surface area (TPSA) is 168 Å². The van der Waals surface area contributed by atoms with Crippen molar-refractivity contribution in [2.75, 3.05) is 25.1 Å². The van der Waals surface area contributed by atoms with Crippen molar-refractivity contribution in [3.8, 4) is 17.3 Å². The van der Waals surface area contributed by atoms with Gasteiger partial charge in [-0.05, 0) is 40.1 Å². The number of para-hydroxylation sites is 1. The van der Waals surface area contributed by atoms with Crippen LogP contribution in [-0.2, 0) is 12.4 Å². The number of nitrogens with zero attached hydrogens (tertiary/aromatic N) is 7. The molecule has 13 nitrogen and oxygen atoms in total. The maximum Gasteiger partial charge on any atom is 0.293 e. The first-order chi connectivity index (χ1) is 19.5. The van der Waals surface area contributed by atoms with Crippen LogP contribution in [0.5, 0.6) is 11.5 Å². The lowest BCUT2D eigenvalue weighted by Gasteiger charge is -2.13. The molecule has 1 aliphatic heterocycles. The van der Waals surface area contributed by atoms with Crippen molar-refractivity contribution in [2.45, 2.75) is 12.4 Å². The number of benzene rings is 2. The van der Waals surface area contributed by atoms with Crippen molar-refractivity contribution in [3.05, 3.63) is 69.5 Å². The summed E-state index contributed by atoms with van der Waals surface area (Å²) in [6.07, 6.45) is 1.47. The Balaban J connectivity index is 1.33. The van der Waals surface area contributed by atoms with E-state index in [9.17, 15) is 4.79 Å². The fourth-order valence-corrected chi connectivity index (χ4v) is 5.81. The number of ether oxygens (including phenoxy) is 2. The zero-order chi connectivity index (χ0) is 27.9. The van der Waals surface area contributed by atoms with Crippen molar-refractivity contribution in [2.24, 2.45) is 10.1 Å². The predicted molar refractivity (Wildman–Crippen MR) is 156 cm³/mol. The lowest BCUT2D eigenvalue weighted by Crippen LogP contribution is -2.20. The molecule has 0 atom stereocenters. The summed E-state index contributed by atoms with van der Waals surface area (Å²) >= 11 is 6.54. The van der Waals surface area contributed by atoms with Gasteiger partial charge in [-0.3, -0.25) is 9.79 Å². The Morgan fingerprint density at radius 3 is 2.88 bits per heavy atom. The first kappa shape index (κ1) is 27.7. The number of nitrogens with two attached hydrogens (primary N) is 1. The molecule has 0 spiro atoms. The number of rotatable bonds is 10. The number of amides is 1. The summed E-state index contributed by atoms with van der Waals surface area (Å²) in [4.78, 5) is 17.6. The van der Waals surface area contributed by atoms with Crippen LogP contribution in [0.4, 0.5) is 5.82 Å². The Hall–Kier alpha value is -3.89. The Morgan fingerprint density at radius 1 is 1.30 bits per heavy atom. The first-order valence-electron chi connectivity index (χ1n) is 11.7. The number of hydrazone groups is 1. The maximum atomic E-state index is 13.1. The zero-order valence-corrected chi connectivity index (χ0v) is 24.2. The third-order valence-corrected chi connectivity index (χ3v) is 8.25. The normalized spacial score (nSPS) is 13.0. The summed E-state index contributed by atoms with van der Waals surface area (Å²) in [7, 11) is 1.56. The summed E-state index contributed by atoms with van der Waals surface area (Å²) in [5.74, 6) is 1.84. The number of carbonyl (C=O) groups excluding carboxylic acids is 1. The monoisotopic (exact) mass is 643 g/mol. The molecule has 0 aliphatic carbocycles. The van der Waals surface area contributed by atoms with Crippen molar-refractivity contribution < 1.29 is 18.9 Å². The summed E-state index contributed by atoms with van der Waals surface area (Å²) in [5, 5.41) is 19.6. The number of halogens is 1. The van der Waals surface area contributed by atoms with E-state index in [1.165, 1.54) is 22.7 Å². The molecule has 3 N–H and O–H groups in total. The maximum absolute atomic E-state index is 13.1. The Kier molecular flexibility index (Phi) is 8.98. The van der Waals surface area contributed by atoms with Gasteiger partial charge in [0.25, 0.3) is 5.91 Å². The highest BCUT2D eigenvalue weighted by atomic mass is 79.9. The summed E-state index contributed by atoms with van der Waals surface area (Å²) in [6.45, 7) is 1.07. The van der Waals surface area contributed by atoms with Crippen LogP contribution in [-0.4, -0.2) is 61.2 Å². The third-order valence-electron chi connectivity index (χ3n) is 5.46. The predicted octanol–water partition coefficient (Wildman–Crippen LogP) is 3.68. The van der Waals surface area contributed by atoms with Gasteiger partial charge in [-0.2, -0.15) is 9.78 Å². The highest BCUT2D eigenvalue weighted by molar-refractivity contribution is 9.10. The minimum Gasteiger partial charge on any atom is -0.493 e. The van der Waals surface area contributed by atoms with Gasteiger partial charge in [0, 0.05) is 21.5 Å². The van der Waals surface area contributed by atoms with Crippen LogP contribution in [0.3, 0.4) is 0 Å². The molecule has 3 heterocycles. The van der Waals surface area contributed by atoms with Gasteiger partial charge in [0.2, 0.25) is 11.6 Å². The van der Waals surface area contributed by atoms with Gasteiger partial charge in [0.1, 0.15) is 11.0 Å². The van der Waals surface area contributed by atoms with E-state index in [1.807, 2.05) is 24.3 Å². The molecule has 16 heteroatoms. The number of hydrogen-bond donors (Lipinski definition) is 2. The molecule has 0 fully saturated rings. The third kappa shape index (κ3) is 6.46. The molecular weight excluding hydrogens is 622 g/mol. The molecule has 5 rings (SSSR count). The summed E-state index contributed by atoms with van der Waals surface area (Å²) in [5.41, 5.74) is 10.4. The van der Waals surface area contributed by atoms with Crippen molar-refractivity contribution in [1.29, 1.82) is 0 Å². The van der Waals surface area contributed by atoms with Gasteiger partial charge >= 0.3 is 0 Å². The average Bonchev–Trinajstić information content (AvgIpc) is 3.73. The highest BCUT2D eigenvalue weighted by Crippen LogP contribution is 2.31. The van der Waals surface area contributed by atoms with E-state index in [4.69, 9.17) is 19.8 Å². The van der Waals surface area contributed by atoms with E-state index in [0.717, 1.165) is 26.7 Å². The fourth-order valence-electron chi connectivity index (χ4n) is 3.55. The number of carbonyl (C=O) groups is 1. The van der Waals surface area contributed by atoms with Crippen LogP contribution in [0.2, 0.25) is 0 Å². The van der Waals surface area contributed by atoms with Gasteiger partial charge in [-0.1, -0.05) is 62.9 Å². The van der Waals surface area contributed by atoms with E-state index < -0.39 is 5.91 Å². The largest absolute Gasteiger partial charge is 0.493 e. The summed E-state index contributed by atoms with van der Waals surface area (Å²) < 4.78 is 19.5. The van der Waals surface area contributed by atoms with Gasteiger partial charge < -0.3 is 15.2 Å². The molecule has 206 valence electrons. The Labute approximate surface area is 245 Å². The van der Waals surface area contributed by atoms with Crippen molar-refractivity contribution >= 4 is 61.8 Å². The molecule has 0 unspecified atom stereocenters. The van der Waals surface area contributed by atoms with Crippen molar-refractivity contribution in [1.82, 2.24) is 30.7 Å². The first-order valence-corrected chi connectivity index (χ1v) is 14.5. The lowest BCUT2D eigenvalue weighted by atomic mass is 10.2. The summed E-state index contributed by atoms with van der Waals surface area (Å²) in [6, 6.07) is 13.2. The van der Waals surface area contributed by atoms with Crippen LogP contribution < -0.4 is 20.6 Å². The second-order valence-electron chi connectivity index (χ2n) is 8.05. The average molecular weight is 645 g/mol. The molecule has 4 aromatic rings. The van der Waals surface area contributed by atoms with Crippen LogP contribution in [0.25, 0.3) is 5.82 Å². The number of hydrogen-bond acceptors (Lipinski definition) is 13. The minimum atomic E-state index is -0.575. The number of anilines is 1. The molecule has 0 radical (unpaired) electrons. The van der Waals surface area contributed by atoms with Crippen molar-refractivity contribution in [3.63, 3.8) is 0 Å². The van der Waals surface area contributed by atoms with Crippen LogP contribution in [0.15, 0.2) is 61.7 Å². The number of aliphatic imine (C=N–C) groups is 1. The molecule has 1 aliphatic rings. The van der Waals surface area contributed by atoms with Gasteiger partial charge in [0.15, 0.2) is 17.2 Å². The molecule has 40 heavy (non-hydrogen) atoms. The number of nitrogen functional groups attached to an aromatic ring is 1. The molecule has 1 amide bonds. The van der Waals surface area contributed by atoms with E-state index in [1.54, 1.807) is 37.1 Å². The molecular formula is C24H22BrN9O4S2. The quantitative estimate of drug-likeness (QED) is 0.191. The van der Waals surface area contributed by atoms with Crippen LogP contribution >= 0.6 is 39.5 Å². The molecule has 0 bridgehead atoms. The lowest BCUT2D eigenvalue weighted by molar-refractivity contribution is 0.0949. The number of aromatic nitrogens is 5. The van der Waals surface area contributed by atoms with E-state index in [0.29, 0.717) is 35.1 Å². The SMILES string of the molecule is COc1cccc(C=NNC(=O)c2nnn(-c3nonc3N)c2CSC2=NCCS2)c1OCc1ccc(Br)cc1. The van der Waals surface area contributed by atoms with Gasteiger partial charge in [-0.25, -0.2) is 10.1 Å². The zero-order valence-electron chi connectivity index (χ0n) is 21.0. The van der Waals surface area contributed by atoms with E-state index >= 15 is 0 Å². The molecule has 2 aromatic heterocycles. The Bertz CT molecular complexity index is 1560. The second kappa shape index (κ2) is 13.0. The van der Waals surface area contributed by atoms with Crippen LogP contribution in [0.1, 0.15) is 27.3 Å². The van der Waals surface area contributed by atoms with E-state index in [-0.39, 0.29) is 17.3 Å². The fraction of sp³-hybridized carbons (Fsp3) is 0.208. The minimum absolute atomic E-state index is 0.0161. The molecule has 0 saturated heterocycles. The molecule has 0 saturated carbocycles. The van der Waals surface area contributed by atoms with Gasteiger partial charge in [-0.15, -0.1) is 5.10 Å². The second-order valence-corrected chi connectivity index (χ2v) is 11.3.